The van der Waals surface area contributed by atoms with Crippen LogP contribution < -0.4 is 0 Å². The molecule has 7 heteroatoms. The Balaban J connectivity index is 1.41. The lowest BCUT2D eigenvalue weighted by Crippen LogP contribution is -2.49. The number of piperidine rings is 1. The number of aryl methyl sites for hydroxylation is 1. The zero-order valence-corrected chi connectivity index (χ0v) is 19.2. The lowest BCUT2D eigenvalue weighted by atomic mass is 9.95. The smallest absolute Gasteiger partial charge is 0.249 e. The molecule has 5 rings (SSSR count). The monoisotopic (exact) mass is 450 g/mol. The number of nitrogens with zero attached hydrogens (tertiary/aromatic N) is 4. The predicted octanol–water partition coefficient (Wildman–Crippen LogP) is 4.98. The van der Waals surface area contributed by atoms with Crippen LogP contribution in [0.15, 0.2) is 53.7 Å². The Morgan fingerprint density at radius 1 is 1.16 bits per heavy atom. The van der Waals surface area contributed by atoms with Gasteiger partial charge in [0, 0.05) is 30.9 Å². The molecule has 1 fully saturated rings. The van der Waals surface area contributed by atoms with Crippen molar-refractivity contribution in [1.82, 2.24) is 14.3 Å². The Labute approximate surface area is 191 Å². The van der Waals surface area contributed by atoms with Crippen molar-refractivity contribution < 1.29 is 9.18 Å². The molecule has 0 spiro atoms. The molecule has 0 aliphatic carbocycles. The van der Waals surface area contributed by atoms with E-state index in [1.807, 2.05) is 43.1 Å². The van der Waals surface area contributed by atoms with Gasteiger partial charge in [-0.25, -0.2) is 9.37 Å². The number of amides is 1. The van der Waals surface area contributed by atoms with Crippen LogP contribution in [0.3, 0.4) is 0 Å². The summed E-state index contributed by atoms with van der Waals surface area (Å²) in [4.78, 5) is 25.1. The summed E-state index contributed by atoms with van der Waals surface area (Å²) in [6.45, 7) is 4.69. The number of fused-ring (bicyclic) bond motifs is 1. The second-order valence-electron chi connectivity index (χ2n) is 8.62. The summed E-state index contributed by atoms with van der Waals surface area (Å²) in [6.07, 6.45) is 5.49. The largest absolute Gasteiger partial charge is 0.337 e. The lowest BCUT2D eigenvalue weighted by Gasteiger charge is -2.37. The summed E-state index contributed by atoms with van der Waals surface area (Å²) in [6, 6.07) is 13.0. The fourth-order valence-corrected chi connectivity index (χ4v) is 6.05. The molecule has 3 atom stereocenters. The third-order valence-electron chi connectivity index (χ3n) is 6.56. The van der Waals surface area contributed by atoms with Crippen LogP contribution in [-0.2, 0) is 11.2 Å². The van der Waals surface area contributed by atoms with Gasteiger partial charge in [-0.2, -0.15) is 0 Å². The summed E-state index contributed by atoms with van der Waals surface area (Å²) in [7, 11) is 0. The molecular formula is C25H27FN4OS. The summed E-state index contributed by atoms with van der Waals surface area (Å²) >= 11 is 1.68. The number of carbonyl (C=O) groups excluding carboxylic acids is 1. The number of hydrogen-bond acceptors (Lipinski definition) is 4. The Morgan fingerprint density at radius 3 is 2.75 bits per heavy atom. The lowest BCUT2D eigenvalue weighted by molar-refractivity contribution is -0.136. The van der Waals surface area contributed by atoms with E-state index < -0.39 is 6.04 Å². The Kier molecular flexibility index (Phi) is 5.76. The van der Waals surface area contributed by atoms with Gasteiger partial charge in [-0.1, -0.05) is 30.3 Å². The second-order valence-corrected chi connectivity index (χ2v) is 9.96. The summed E-state index contributed by atoms with van der Waals surface area (Å²) in [5, 5.41) is 0.967. The number of imidazole rings is 1. The number of benzene rings is 1. The van der Waals surface area contributed by atoms with E-state index in [-0.39, 0.29) is 23.0 Å². The zero-order valence-electron chi connectivity index (χ0n) is 18.4. The quantitative estimate of drug-likeness (QED) is 0.563. The minimum atomic E-state index is -0.400. The molecule has 2 aromatic heterocycles. The molecule has 0 bridgehead atoms. The first-order valence-electron chi connectivity index (χ1n) is 11.2. The molecule has 0 radical (unpaired) electrons. The maximum absolute atomic E-state index is 14.2. The third kappa shape index (κ3) is 3.83. The number of pyridine rings is 1. The van der Waals surface area contributed by atoms with E-state index in [0.29, 0.717) is 12.1 Å². The number of carbonyl (C=O) groups is 1. The van der Waals surface area contributed by atoms with Gasteiger partial charge < -0.3 is 9.30 Å². The average Bonchev–Trinajstić information content (AvgIpc) is 3.36. The van der Waals surface area contributed by atoms with Gasteiger partial charge >= 0.3 is 0 Å². The van der Waals surface area contributed by atoms with E-state index in [2.05, 4.69) is 17.1 Å². The van der Waals surface area contributed by atoms with Gasteiger partial charge in [-0.15, -0.1) is 11.8 Å². The van der Waals surface area contributed by atoms with Gasteiger partial charge in [0.25, 0.3) is 0 Å². The van der Waals surface area contributed by atoms with Gasteiger partial charge in [0.05, 0.1) is 16.0 Å². The molecule has 3 aromatic rings. The van der Waals surface area contributed by atoms with Crippen LogP contribution in [0.25, 0.3) is 5.65 Å². The van der Waals surface area contributed by atoms with E-state index >= 15 is 0 Å². The first-order valence-corrected chi connectivity index (χ1v) is 12.1. The molecule has 166 valence electrons. The Morgan fingerprint density at radius 2 is 1.97 bits per heavy atom. The molecule has 2 aliphatic heterocycles. The molecule has 5 nitrogen and oxygen atoms in total. The third-order valence-corrected chi connectivity index (χ3v) is 7.80. The molecule has 1 aromatic carbocycles. The fourth-order valence-electron chi connectivity index (χ4n) is 4.91. The number of rotatable bonds is 4. The SMILES string of the molecule is CC1=NC(C(=O)N2CCCC[C@H]2Cc2nc3c(F)cccn3c2C)C(c2ccccc2)S1. The summed E-state index contributed by atoms with van der Waals surface area (Å²) in [5.74, 6) is -0.225. The minimum Gasteiger partial charge on any atom is -0.337 e. The van der Waals surface area contributed by atoms with Gasteiger partial charge in [0.2, 0.25) is 5.91 Å². The van der Waals surface area contributed by atoms with Crippen molar-refractivity contribution in [2.45, 2.75) is 56.9 Å². The normalized spacial score (nSPS) is 23.5. The van der Waals surface area contributed by atoms with Crippen molar-refractivity contribution in [3.05, 3.63) is 71.4 Å². The molecule has 0 saturated carbocycles. The van der Waals surface area contributed by atoms with Crippen LogP contribution in [0.1, 0.15) is 48.4 Å². The Hall–Kier alpha value is -2.67. The van der Waals surface area contributed by atoms with Gasteiger partial charge in [-0.05, 0) is 50.8 Å². The summed E-state index contributed by atoms with van der Waals surface area (Å²) in [5.41, 5.74) is 3.28. The van der Waals surface area contributed by atoms with E-state index in [4.69, 9.17) is 4.99 Å². The first kappa shape index (κ1) is 21.2. The van der Waals surface area contributed by atoms with E-state index in [0.717, 1.165) is 47.8 Å². The molecule has 0 N–H and O–H groups in total. The maximum Gasteiger partial charge on any atom is 0.249 e. The Bertz CT molecular complexity index is 1180. The minimum absolute atomic E-state index is 0.0114. The highest BCUT2D eigenvalue weighted by Crippen LogP contribution is 2.41. The van der Waals surface area contributed by atoms with Crippen molar-refractivity contribution >= 4 is 28.4 Å². The number of thioether (sulfide) groups is 1. The van der Waals surface area contributed by atoms with Crippen LogP contribution in [0.4, 0.5) is 4.39 Å². The van der Waals surface area contributed by atoms with E-state index in [1.54, 1.807) is 22.2 Å². The molecule has 1 saturated heterocycles. The van der Waals surface area contributed by atoms with Crippen LogP contribution in [-0.4, -0.2) is 43.9 Å². The molecule has 4 heterocycles. The van der Waals surface area contributed by atoms with Crippen molar-refractivity contribution in [3.63, 3.8) is 0 Å². The van der Waals surface area contributed by atoms with Gasteiger partial charge in [-0.3, -0.25) is 9.79 Å². The number of aromatic nitrogens is 2. The number of likely N-dealkylation sites (tertiary alicyclic amines) is 1. The number of hydrogen-bond donors (Lipinski definition) is 0. The number of aliphatic imine (C=N–C) groups is 1. The molecule has 1 amide bonds. The molecule has 2 unspecified atom stereocenters. The molecule has 2 aliphatic rings. The predicted molar refractivity (Wildman–Crippen MR) is 127 cm³/mol. The van der Waals surface area contributed by atoms with Crippen LogP contribution >= 0.6 is 11.8 Å². The van der Waals surface area contributed by atoms with Crippen LogP contribution in [0.5, 0.6) is 0 Å². The maximum atomic E-state index is 14.2. The standard InChI is InChI=1S/C25H27FN4OS/c1-16-21(28-24-20(26)12-8-14-29(16)24)15-19-11-6-7-13-30(19)25(31)22-23(32-17(2)27-22)18-9-4-3-5-10-18/h3-5,8-10,12,14,19,22-23H,6-7,11,13,15H2,1-2H3/t19-,22?,23?/m0/s1. The van der Waals surface area contributed by atoms with E-state index in [1.165, 1.54) is 6.07 Å². The molecule has 32 heavy (non-hydrogen) atoms. The van der Waals surface area contributed by atoms with Crippen molar-refractivity contribution in [1.29, 1.82) is 0 Å². The average molecular weight is 451 g/mol. The second kappa shape index (κ2) is 8.70. The highest BCUT2D eigenvalue weighted by atomic mass is 32.2. The highest BCUT2D eigenvalue weighted by molar-refractivity contribution is 8.14. The van der Waals surface area contributed by atoms with E-state index in [9.17, 15) is 9.18 Å². The highest BCUT2D eigenvalue weighted by Gasteiger charge is 2.40. The first-order chi connectivity index (χ1) is 15.5. The number of halogens is 1. The van der Waals surface area contributed by atoms with Gasteiger partial charge in [0.15, 0.2) is 11.5 Å². The van der Waals surface area contributed by atoms with Gasteiger partial charge in [0.1, 0.15) is 6.04 Å². The topological polar surface area (TPSA) is 50.0 Å². The van der Waals surface area contributed by atoms with Crippen molar-refractivity contribution in [3.8, 4) is 0 Å². The summed E-state index contributed by atoms with van der Waals surface area (Å²) < 4.78 is 16.0. The van der Waals surface area contributed by atoms with Crippen LogP contribution in [0, 0.1) is 12.7 Å². The fraction of sp³-hybridized carbons (Fsp3) is 0.400. The van der Waals surface area contributed by atoms with Crippen LogP contribution in [0.2, 0.25) is 0 Å². The van der Waals surface area contributed by atoms with Crippen molar-refractivity contribution in [2.75, 3.05) is 6.54 Å². The zero-order chi connectivity index (χ0) is 22.2. The van der Waals surface area contributed by atoms with Crippen molar-refractivity contribution in [2.24, 2.45) is 4.99 Å². The molecular weight excluding hydrogens is 423 g/mol.